The first-order chi connectivity index (χ1) is 7.33. The third kappa shape index (κ3) is 5.81. The zero-order valence-electron chi connectivity index (χ0n) is 10.1. The second kappa shape index (κ2) is 7.72. The maximum atomic E-state index is 11.6. The van der Waals surface area contributed by atoms with Gasteiger partial charge in [-0.05, 0) is 19.3 Å². The van der Waals surface area contributed by atoms with Crippen molar-refractivity contribution in [2.24, 2.45) is 0 Å². The fourth-order valence-corrected chi connectivity index (χ4v) is 2.26. The summed E-state index contributed by atoms with van der Waals surface area (Å²) in [4.78, 5) is 11.6. The highest BCUT2D eigenvalue weighted by atomic mass is 16.1. The van der Waals surface area contributed by atoms with Gasteiger partial charge in [-0.1, -0.05) is 45.4 Å². The molecule has 0 aromatic carbocycles. The first-order valence-corrected chi connectivity index (χ1v) is 6.62. The Morgan fingerprint density at radius 3 is 2.40 bits per heavy atom. The Labute approximate surface area is 93.8 Å². The molecule has 0 aliphatic heterocycles. The number of amides is 1. The molecule has 0 bridgehead atoms. The molecule has 2 heteroatoms. The van der Waals surface area contributed by atoms with Gasteiger partial charge in [0.25, 0.3) is 0 Å². The minimum Gasteiger partial charge on any atom is -0.353 e. The van der Waals surface area contributed by atoms with Crippen molar-refractivity contribution in [3.63, 3.8) is 0 Å². The predicted molar refractivity (Wildman–Crippen MR) is 63.8 cm³/mol. The van der Waals surface area contributed by atoms with E-state index in [9.17, 15) is 4.79 Å². The van der Waals surface area contributed by atoms with Crippen molar-refractivity contribution in [3.05, 3.63) is 0 Å². The van der Waals surface area contributed by atoms with Gasteiger partial charge in [0.05, 0.1) is 0 Å². The van der Waals surface area contributed by atoms with Crippen LogP contribution in [0.15, 0.2) is 0 Å². The van der Waals surface area contributed by atoms with Crippen LogP contribution in [0, 0.1) is 0 Å². The van der Waals surface area contributed by atoms with E-state index >= 15 is 0 Å². The number of hydrogen-bond donors (Lipinski definition) is 1. The fourth-order valence-electron chi connectivity index (χ4n) is 2.26. The zero-order valence-corrected chi connectivity index (χ0v) is 10.1. The molecule has 0 saturated heterocycles. The summed E-state index contributed by atoms with van der Waals surface area (Å²) in [6, 6.07) is 0.474. The van der Waals surface area contributed by atoms with Crippen molar-refractivity contribution >= 4 is 5.91 Å². The van der Waals surface area contributed by atoms with E-state index in [1.165, 1.54) is 51.4 Å². The van der Waals surface area contributed by atoms with Crippen molar-refractivity contribution in [3.8, 4) is 0 Å². The Hall–Kier alpha value is -0.530. The molecule has 15 heavy (non-hydrogen) atoms. The molecule has 1 aliphatic rings. The van der Waals surface area contributed by atoms with Gasteiger partial charge in [0, 0.05) is 12.5 Å². The van der Waals surface area contributed by atoms with Crippen LogP contribution in [0.3, 0.4) is 0 Å². The molecule has 88 valence electrons. The number of rotatable bonds is 5. The highest BCUT2D eigenvalue weighted by molar-refractivity contribution is 5.76. The Morgan fingerprint density at radius 2 is 1.80 bits per heavy atom. The van der Waals surface area contributed by atoms with E-state index in [-0.39, 0.29) is 5.91 Å². The van der Waals surface area contributed by atoms with Crippen molar-refractivity contribution in [2.45, 2.75) is 77.2 Å². The van der Waals surface area contributed by atoms with Gasteiger partial charge < -0.3 is 5.32 Å². The van der Waals surface area contributed by atoms with Crippen LogP contribution < -0.4 is 5.32 Å². The van der Waals surface area contributed by atoms with E-state index in [1.54, 1.807) is 0 Å². The highest BCUT2D eigenvalue weighted by Gasteiger charge is 2.13. The van der Waals surface area contributed by atoms with Crippen LogP contribution in [-0.2, 0) is 4.79 Å². The maximum absolute atomic E-state index is 11.6. The zero-order chi connectivity index (χ0) is 10.9. The van der Waals surface area contributed by atoms with Crippen molar-refractivity contribution in [2.75, 3.05) is 0 Å². The largest absolute Gasteiger partial charge is 0.353 e. The van der Waals surface area contributed by atoms with E-state index < -0.39 is 0 Å². The van der Waals surface area contributed by atoms with Gasteiger partial charge in [0.15, 0.2) is 0 Å². The summed E-state index contributed by atoms with van der Waals surface area (Å²) in [5.41, 5.74) is 0. The van der Waals surface area contributed by atoms with E-state index in [1.807, 2.05) is 0 Å². The molecular formula is C13H25NO. The van der Waals surface area contributed by atoms with Gasteiger partial charge in [-0.15, -0.1) is 0 Å². The molecule has 0 atom stereocenters. The number of unbranched alkanes of at least 4 members (excludes halogenated alkanes) is 2. The summed E-state index contributed by atoms with van der Waals surface area (Å²) in [7, 11) is 0. The van der Waals surface area contributed by atoms with E-state index in [2.05, 4.69) is 12.2 Å². The Balaban J connectivity index is 2.12. The molecule has 0 unspecified atom stereocenters. The lowest BCUT2D eigenvalue weighted by Crippen LogP contribution is -2.34. The molecule has 0 spiro atoms. The highest BCUT2D eigenvalue weighted by Crippen LogP contribution is 2.17. The molecule has 1 amide bonds. The Bertz CT molecular complexity index is 171. The Morgan fingerprint density at radius 1 is 1.13 bits per heavy atom. The molecule has 0 radical (unpaired) electrons. The van der Waals surface area contributed by atoms with Crippen LogP contribution >= 0.6 is 0 Å². The summed E-state index contributed by atoms with van der Waals surface area (Å²) in [6.07, 6.45) is 11.8. The lowest BCUT2D eigenvalue weighted by molar-refractivity contribution is -0.122. The minimum absolute atomic E-state index is 0.273. The first-order valence-electron chi connectivity index (χ1n) is 6.62. The molecule has 1 N–H and O–H groups in total. The molecule has 1 rings (SSSR count). The molecule has 2 nitrogen and oxygen atoms in total. The fraction of sp³-hybridized carbons (Fsp3) is 0.923. The van der Waals surface area contributed by atoms with Crippen LogP contribution in [0.5, 0.6) is 0 Å². The van der Waals surface area contributed by atoms with E-state index in [4.69, 9.17) is 0 Å². The normalized spacial score (nSPS) is 18.5. The third-order valence-corrected chi connectivity index (χ3v) is 3.23. The number of carbonyl (C=O) groups is 1. The molecule has 1 aliphatic carbocycles. The third-order valence-electron chi connectivity index (χ3n) is 3.23. The average Bonchev–Trinajstić information content (AvgIpc) is 2.47. The van der Waals surface area contributed by atoms with Crippen molar-refractivity contribution in [1.82, 2.24) is 5.32 Å². The number of carbonyl (C=O) groups excluding carboxylic acids is 1. The smallest absolute Gasteiger partial charge is 0.220 e. The van der Waals surface area contributed by atoms with E-state index in [0.717, 1.165) is 12.8 Å². The second-order valence-electron chi connectivity index (χ2n) is 4.71. The molecular weight excluding hydrogens is 186 g/mol. The molecule has 0 heterocycles. The SMILES string of the molecule is CCCCCC(=O)NC1CCCCCC1. The van der Waals surface area contributed by atoms with Gasteiger partial charge in [-0.2, -0.15) is 0 Å². The first kappa shape index (κ1) is 12.5. The quantitative estimate of drug-likeness (QED) is 0.548. The lowest BCUT2D eigenvalue weighted by atomic mass is 10.1. The number of nitrogens with one attached hydrogen (secondary N) is 1. The standard InChI is InChI=1S/C13H25NO/c1-2-3-6-11-13(15)14-12-9-7-4-5-8-10-12/h12H,2-11H2,1H3,(H,14,15). The molecule has 1 saturated carbocycles. The van der Waals surface area contributed by atoms with Gasteiger partial charge >= 0.3 is 0 Å². The van der Waals surface area contributed by atoms with Gasteiger partial charge in [0.2, 0.25) is 5.91 Å². The maximum Gasteiger partial charge on any atom is 0.220 e. The van der Waals surface area contributed by atoms with Crippen LogP contribution in [0.4, 0.5) is 0 Å². The predicted octanol–water partition coefficient (Wildman–Crippen LogP) is 3.41. The summed E-state index contributed by atoms with van der Waals surface area (Å²) < 4.78 is 0. The summed E-state index contributed by atoms with van der Waals surface area (Å²) >= 11 is 0. The van der Waals surface area contributed by atoms with E-state index in [0.29, 0.717) is 6.04 Å². The second-order valence-corrected chi connectivity index (χ2v) is 4.71. The van der Waals surface area contributed by atoms with Crippen LogP contribution in [0.2, 0.25) is 0 Å². The Kier molecular flexibility index (Phi) is 6.45. The van der Waals surface area contributed by atoms with Crippen LogP contribution in [-0.4, -0.2) is 11.9 Å². The monoisotopic (exact) mass is 211 g/mol. The summed E-state index contributed by atoms with van der Waals surface area (Å²) in [6.45, 7) is 2.17. The minimum atomic E-state index is 0.273. The van der Waals surface area contributed by atoms with Crippen LogP contribution in [0.25, 0.3) is 0 Å². The van der Waals surface area contributed by atoms with Crippen LogP contribution in [0.1, 0.15) is 71.1 Å². The average molecular weight is 211 g/mol. The topological polar surface area (TPSA) is 29.1 Å². The van der Waals surface area contributed by atoms with Gasteiger partial charge in [-0.25, -0.2) is 0 Å². The van der Waals surface area contributed by atoms with Gasteiger partial charge in [0.1, 0.15) is 0 Å². The summed E-state index contributed by atoms with van der Waals surface area (Å²) in [5, 5.41) is 3.18. The van der Waals surface area contributed by atoms with Crippen molar-refractivity contribution in [1.29, 1.82) is 0 Å². The molecule has 0 aromatic heterocycles. The van der Waals surface area contributed by atoms with Gasteiger partial charge in [-0.3, -0.25) is 4.79 Å². The molecule has 1 fully saturated rings. The van der Waals surface area contributed by atoms with Crippen molar-refractivity contribution < 1.29 is 4.79 Å². The lowest BCUT2D eigenvalue weighted by Gasteiger charge is -2.15. The molecule has 0 aromatic rings. The number of hydrogen-bond acceptors (Lipinski definition) is 1. The summed E-state index contributed by atoms with van der Waals surface area (Å²) in [5.74, 6) is 0.273.